The minimum atomic E-state index is 0.186. The van der Waals surface area contributed by atoms with Crippen LogP contribution in [0.2, 0.25) is 0 Å². The van der Waals surface area contributed by atoms with E-state index in [1.165, 1.54) is 50.3 Å². The highest BCUT2D eigenvalue weighted by Gasteiger charge is 2.28. The Morgan fingerprint density at radius 3 is 1.39 bits per heavy atom. The van der Waals surface area contributed by atoms with Crippen LogP contribution in [0.4, 0.5) is 11.4 Å². The van der Waals surface area contributed by atoms with E-state index in [-0.39, 0.29) is 5.92 Å². The summed E-state index contributed by atoms with van der Waals surface area (Å²) in [5.41, 5.74) is 11.7. The van der Waals surface area contributed by atoms with E-state index in [4.69, 9.17) is 0 Å². The van der Waals surface area contributed by atoms with E-state index < -0.39 is 0 Å². The van der Waals surface area contributed by atoms with Gasteiger partial charge in [0.1, 0.15) is 0 Å². The van der Waals surface area contributed by atoms with Crippen molar-refractivity contribution in [3.05, 3.63) is 108 Å². The lowest BCUT2D eigenvalue weighted by atomic mass is 9.82. The van der Waals surface area contributed by atoms with Crippen LogP contribution >= 0.6 is 0 Å². The van der Waals surface area contributed by atoms with E-state index in [1.54, 1.807) is 0 Å². The Kier molecular flexibility index (Phi) is 4.78. The van der Waals surface area contributed by atoms with Gasteiger partial charge in [0.05, 0.1) is 0 Å². The van der Waals surface area contributed by atoms with Crippen LogP contribution in [0.15, 0.2) is 91.0 Å². The lowest BCUT2D eigenvalue weighted by Gasteiger charge is -2.24. The van der Waals surface area contributed by atoms with Gasteiger partial charge in [0, 0.05) is 45.5 Å². The molecule has 1 aliphatic carbocycles. The summed E-state index contributed by atoms with van der Waals surface area (Å²) >= 11 is 0. The summed E-state index contributed by atoms with van der Waals surface area (Å²) in [4.78, 5) is 4.37. The van der Waals surface area contributed by atoms with E-state index in [0.717, 1.165) is 0 Å². The molecule has 0 radical (unpaired) electrons. The fourth-order valence-electron chi connectivity index (χ4n) is 4.74. The summed E-state index contributed by atoms with van der Waals surface area (Å²) in [7, 11) is 8.43. The minimum absolute atomic E-state index is 0.186. The smallest absolute Gasteiger partial charge is 0.0367 e. The molecule has 1 aliphatic rings. The number of rotatable bonds is 3. The second kappa shape index (κ2) is 7.63. The summed E-state index contributed by atoms with van der Waals surface area (Å²) < 4.78 is 0. The van der Waals surface area contributed by atoms with Gasteiger partial charge >= 0.3 is 0 Å². The predicted octanol–water partition coefficient (Wildman–Crippen LogP) is 6.65. The molecule has 2 heteroatoms. The van der Waals surface area contributed by atoms with Crippen molar-refractivity contribution in [1.29, 1.82) is 0 Å². The van der Waals surface area contributed by atoms with Crippen molar-refractivity contribution in [3.63, 3.8) is 0 Å². The first-order valence-electron chi connectivity index (χ1n) is 10.8. The molecule has 154 valence electrons. The standard InChI is InChI=1S/C29H28N2/c1-30(2)21-14-16-25-27(18-21)23-12-8-9-13-24(23)28-19-22(31(3)4)15-17-26(28)29(25)20-10-6-5-7-11-20/h5-19,29H,1-4H3. The number of benzene rings is 4. The maximum Gasteiger partial charge on any atom is 0.0367 e. The highest BCUT2D eigenvalue weighted by Crippen LogP contribution is 2.49. The molecule has 0 fully saturated rings. The first-order chi connectivity index (χ1) is 15.0. The molecular weight excluding hydrogens is 376 g/mol. The first-order valence-corrected chi connectivity index (χ1v) is 10.8. The lowest BCUT2D eigenvalue weighted by Crippen LogP contribution is -2.11. The molecule has 0 unspecified atom stereocenters. The molecular formula is C29H28N2. The number of hydrogen-bond donors (Lipinski definition) is 0. The normalized spacial score (nSPS) is 12.4. The van der Waals surface area contributed by atoms with Crippen LogP contribution in [0, 0.1) is 0 Å². The van der Waals surface area contributed by atoms with Crippen LogP contribution in [-0.2, 0) is 0 Å². The van der Waals surface area contributed by atoms with E-state index in [2.05, 4.69) is 129 Å². The van der Waals surface area contributed by atoms with Crippen LogP contribution < -0.4 is 9.80 Å². The average Bonchev–Trinajstić information content (AvgIpc) is 2.91. The van der Waals surface area contributed by atoms with Crippen molar-refractivity contribution in [2.45, 2.75) is 5.92 Å². The zero-order valence-corrected chi connectivity index (χ0v) is 18.6. The SMILES string of the molecule is CN(C)c1ccc2c(c1)-c1ccccc1-c1cc(N(C)C)ccc1C2c1ccccc1. The Bertz CT molecular complexity index is 1160. The highest BCUT2D eigenvalue weighted by molar-refractivity contribution is 5.92. The monoisotopic (exact) mass is 404 g/mol. The van der Waals surface area contributed by atoms with Gasteiger partial charge in [-0.1, -0.05) is 66.7 Å². The zero-order valence-electron chi connectivity index (χ0n) is 18.6. The summed E-state index contributed by atoms with van der Waals surface area (Å²) in [5, 5.41) is 0. The van der Waals surface area contributed by atoms with Crippen LogP contribution in [0.3, 0.4) is 0 Å². The molecule has 0 amide bonds. The van der Waals surface area contributed by atoms with Crippen LogP contribution in [-0.4, -0.2) is 28.2 Å². The summed E-state index contributed by atoms with van der Waals surface area (Å²) in [6, 6.07) is 33.6. The third-order valence-electron chi connectivity index (χ3n) is 6.37. The molecule has 0 atom stereocenters. The van der Waals surface area contributed by atoms with Gasteiger partial charge in [-0.3, -0.25) is 0 Å². The Hall–Kier alpha value is -3.52. The van der Waals surface area contributed by atoms with Gasteiger partial charge in [0.25, 0.3) is 0 Å². The van der Waals surface area contributed by atoms with Gasteiger partial charge in [-0.15, -0.1) is 0 Å². The van der Waals surface area contributed by atoms with Crippen molar-refractivity contribution in [2.75, 3.05) is 38.0 Å². The second-order valence-corrected chi connectivity index (χ2v) is 8.72. The molecule has 0 bridgehead atoms. The largest absolute Gasteiger partial charge is 0.378 e. The van der Waals surface area contributed by atoms with Crippen molar-refractivity contribution < 1.29 is 0 Å². The molecule has 0 heterocycles. The van der Waals surface area contributed by atoms with Crippen molar-refractivity contribution >= 4 is 11.4 Å². The summed E-state index contributed by atoms with van der Waals surface area (Å²) in [5.74, 6) is 0.186. The predicted molar refractivity (Wildman–Crippen MR) is 133 cm³/mol. The van der Waals surface area contributed by atoms with E-state index in [9.17, 15) is 0 Å². The number of fused-ring (bicyclic) bond motifs is 5. The second-order valence-electron chi connectivity index (χ2n) is 8.72. The maximum atomic E-state index is 2.35. The molecule has 0 aliphatic heterocycles. The van der Waals surface area contributed by atoms with Crippen LogP contribution in [0.5, 0.6) is 0 Å². The quantitative estimate of drug-likeness (QED) is 0.332. The van der Waals surface area contributed by atoms with Gasteiger partial charge in [0.15, 0.2) is 0 Å². The van der Waals surface area contributed by atoms with Crippen LogP contribution in [0.1, 0.15) is 22.6 Å². The first kappa shape index (κ1) is 19.4. The van der Waals surface area contributed by atoms with Crippen molar-refractivity contribution in [2.24, 2.45) is 0 Å². The molecule has 0 N–H and O–H groups in total. The Morgan fingerprint density at radius 2 is 0.935 bits per heavy atom. The molecule has 0 aromatic heterocycles. The Morgan fingerprint density at radius 1 is 0.484 bits per heavy atom. The summed E-state index contributed by atoms with van der Waals surface area (Å²) in [6.07, 6.45) is 0. The van der Waals surface area contributed by atoms with Gasteiger partial charge in [-0.2, -0.15) is 0 Å². The topological polar surface area (TPSA) is 6.48 Å². The van der Waals surface area contributed by atoms with Crippen molar-refractivity contribution in [1.82, 2.24) is 0 Å². The molecule has 2 nitrogen and oxygen atoms in total. The maximum absolute atomic E-state index is 2.35. The van der Waals surface area contributed by atoms with E-state index in [0.29, 0.717) is 0 Å². The minimum Gasteiger partial charge on any atom is -0.378 e. The van der Waals surface area contributed by atoms with Gasteiger partial charge < -0.3 is 9.80 Å². The van der Waals surface area contributed by atoms with Crippen LogP contribution in [0.25, 0.3) is 22.3 Å². The van der Waals surface area contributed by atoms with Gasteiger partial charge in [-0.05, 0) is 63.2 Å². The summed E-state index contributed by atoms with van der Waals surface area (Å²) in [6.45, 7) is 0. The van der Waals surface area contributed by atoms with E-state index in [1.807, 2.05) is 0 Å². The number of hydrogen-bond acceptors (Lipinski definition) is 2. The molecule has 4 aromatic rings. The third-order valence-corrected chi connectivity index (χ3v) is 6.37. The van der Waals surface area contributed by atoms with Gasteiger partial charge in [0.2, 0.25) is 0 Å². The fourth-order valence-corrected chi connectivity index (χ4v) is 4.74. The van der Waals surface area contributed by atoms with E-state index >= 15 is 0 Å². The Balaban J connectivity index is 1.89. The fraction of sp³-hybridized carbons (Fsp3) is 0.172. The molecule has 0 saturated heterocycles. The Labute approximate surface area is 185 Å². The molecule has 4 aromatic carbocycles. The molecule has 5 rings (SSSR count). The zero-order chi connectivity index (χ0) is 21.5. The number of nitrogens with zero attached hydrogens (tertiary/aromatic N) is 2. The number of anilines is 2. The van der Waals surface area contributed by atoms with Crippen molar-refractivity contribution in [3.8, 4) is 22.3 Å². The molecule has 0 spiro atoms. The third kappa shape index (κ3) is 3.29. The highest BCUT2D eigenvalue weighted by atomic mass is 15.1. The van der Waals surface area contributed by atoms with Gasteiger partial charge in [-0.25, -0.2) is 0 Å². The molecule has 31 heavy (non-hydrogen) atoms. The molecule has 0 saturated carbocycles. The lowest BCUT2D eigenvalue weighted by molar-refractivity contribution is 0.983. The average molecular weight is 405 g/mol.